The molecule has 1 N–H and O–H groups in total. The Morgan fingerprint density at radius 1 is 1.08 bits per heavy atom. The van der Waals surface area contributed by atoms with Gasteiger partial charge < -0.3 is 10.1 Å². The zero-order valence-electron chi connectivity index (χ0n) is 14.2. The first-order chi connectivity index (χ1) is 12.2. The molecule has 1 aliphatic rings. The molecule has 0 spiro atoms. The first kappa shape index (κ1) is 17.4. The molecule has 0 atom stereocenters. The molecule has 4 nitrogen and oxygen atoms in total. The van der Waals surface area contributed by atoms with Crippen LogP contribution in [0.15, 0.2) is 48.5 Å². The average molecular weight is 342 g/mol. The second kappa shape index (κ2) is 8.62. The van der Waals surface area contributed by atoms with E-state index in [2.05, 4.69) is 22.3 Å². The summed E-state index contributed by atoms with van der Waals surface area (Å²) in [6, 6.07) is 14.1. The monoisotopic (exact) mass is 342 g/mol. The Morgan fingerprint density at radius 3 is 2.52 bits per heavy atom. The van der Waals surface area contributed by atoms with Gasteiger partial charge in [0.2, 0.25) is 0 Å². The van der Waals surface area contributed by atoms with E-state index < -0.39 is 0 Å². The van der Waals surface area contributed by atoms with Crippen molar-refractivity contribution in [2.24, 2.45) is 0 Å². The molecule has 0 aromatic heterocycles. The fraction of sp³-hybridized carbons (Fsp3) is 0.350. The van der Waals surface area contributed by atoms with Crippen molar-refractivity contribution in [1.29, 1.82) is 0 Å². The lowest BCUT2D eigenvalue weighted by Crippen LogP contribution is -2.28. The second-order valence-corrected chi connectivity index (χ2v) is 6.32. The van der Waals surface area contributed by atoms with E-state index in [1.165, 1.54) is 43.6 Å². The van der Waals surface area contributed by atoms with E-state index in [9.17, 15) is 9.18 Å². The van der Waals surface area contributed by atoms with Crippen molar-refractivity contribution < 1.29 is 13.9 Å². The van der Waals surface area contributed by atoms with Crippen LogP contribution >= 0.6 is 0 Å². The van der Waals surface area contributed by atoms with Gasteiger partial charge in [-0.1, -0.05) is 30.3 Å². The molecule has 25 heavy (non-hydrogen) atoms. The van der Waals surface area contributed by atoms with Gasteiger partial charge in [0.05, 0.1) is 0 Å². The van der Waals surface area contributed by atoms with Crippen LogP contribution in [0.1, 0.15) is 24.0 Å². The SMILES string of the molecule is O=C(COc1cccc(F)c1)NCc1ccc(CN2CCCC2)cc1. The van der Waals surface area contributed by atoms with Crippen LogP contribution in [0.5, 0.6) is 5.75 Å². The van der Waals surface area contributed by atoms with Crippen LogP contribution in [0.25, 0.3) is 0 Å². The van der Waals surface area contributed by atoms with Gasteiger partial charge in [0.25, 0.3) is 5.91 Å². The van der Waals surface area contributed by atoms with E-state index in [1.54, 1.807) is 12.1 Å². The van der Waals surface area contributed by atoms with Gasteiger partial charge in [0.1, 0.15) is 11.6 Å². The molecule has 0 unspecified atom stereocenters. The molecule has 1 fully saturated rings. The predicted molar refractivity (Wildman–Crippen MR) is 94.7 cm³/mol. The van der Waals surface area contributed by atoms with E-state index in [1.807, 2.05) is 12.1 Å². The number of carbonyl (C=O) groups excluding carboxylic acids is 1. The summed E-state index contributed by atoms with van der Waals surface area (Å²) >= 11 is 0. The Hall–Kier alpha value is -2.40. The lowest BCUT2D eigenvalue weighted by Gasteiger charge is -2.14. The minimum Gasteiger partial charge on any atom is -0.484 e. The van der Waals surface area contributed by atoms with Crippen molar-refractivity contribution in [1.82, 2.24) is 10.2 Å². The number of likely N-dealkylation sites (tertiary alicyclic amines) is 1. The Kier molecular flexibility index (Phi) is 6.01. The Morgan fingerprint density at radius 2 is 1.80 bits per heavy atom. The van der Waals surface area contributed by atoms with Crippen LogP contribution < -0.4 is 10.1 Å². The molecule has 1 saturated heterocycles. The summed E-state index contributed by atoms with van der Waals surface area (Å²) < 4.78 is 18.3. The number of carbonyl (C=O) groups is 1. The van der Waals surface area contributed by atoms with Crippen LogP contribution in [-0.2, 0) is 17.9 Å². The van der Waals surface area contributed by atoms with Gasteiger partial charge in [-0.25, -0.2) is 4.39 Å². The highest BCUT2D eigenvalue weighted by atomic mass is 19.1. The highest BCUT2D eigenvalue weighted by Gasteiger charge is 2.11. The number of benzene rings is 2. The maximum absolute atomic E-state index is 13.0. The second-order valence-electron chi connectivity index (χ2n) is 6.32. The highest BCUT2D eigenvalue weighted by Crippen LogP contribution is 2.14. The molecular weight excluding hydrogens is 319 g/mol. The summed E-state index contributed by atoms with van der Waals surface area (Å²) in [6.45, 7) is 3.69. The standard InChI is InChI=1S/C20H23FN2O2/c21-18-4-3-5-19(12-18)25-15-20(24)22-13-16-6-8-17(9-7-16)14-23-10-1-2-11-23/h3-9,12H,1-2,10-11,13-15H2,(H,22,24). The van der Waals surface area contributed by atoms with Crippen molar-refractivity contribution in [3.63, 3.8) is 0 Å². The fourth-order valence-corrected chi connectivity index (χ4v) is 2.92. The van der Waals surface area contributed by atoms with Gasteiger partial charge in [-0.2, -0.15) is 0 Å². The van der Waals surface area contributed by atoms with Gasteiger partial charge in [-0.3, -0.25) is 9.69 Å². The lowest BCUT2D eigenvalue weighted by molar-refractivity contribution is -0.123. The molecule has 0 bridgehead atoms. The average Bonchev–Trinajstić information content (AvgIpc) is 3.12. The normalized spacial score (nSPS) is 14.4. The van der Waals surface area contributed by atoms with Crippen molar-refractivity contribution in [2.45, 2.75) is 25.9 Å². The zero-order chi connectivity index (χ0) is 17.5. The molecule has 1 amide bonds. The number of hydrogen-bond acceptors (Lipinski definition) is 3. The van der Waals surface area contributed by atoms with Gasteiger partial charge in [0.15, 0.2) is 6.61 Å². The fourth-order valence-electron chi connectivity index (χ4n) is 2.92. The summed E-state index contributed by atoms with van der Waals surface area (Å²) in [5.74, 6) is -0.265. The number of nitrogens with one attached hydrogen (secondary N) is 1. The smallest absolute Gasteiger partial charge is 0.258 e. The number of hydrogen-bond donors (Lipinski definition) is 1. The maximum atomic E-state index is 13.0. The van der Waals surface area contributed by atoms with Gasteiger partial charge >= 0.3 is 0 Å². The topological polar surface area (TPSA) is 41.6 Å². The van der Waals surface area contributed by atoms with Gasteiger partial charge in [0, 0.05) is 19.2 Å². The first-order valence-corrected chi connectivity index (χ1v) is 8.64. The van der Waals surface area contributed by atoms with E-state index in [4.69, 9.17) is 4.74 Å². The molecular formula is C20H23FN2O2. The van der Waals surface area contributed by atoms with Gasteiger partial charge in [-0.15, -0.1) is 0 Å². The lowest BCUT2D eigenvalue weighted by atomic mass is 10.1. The van der Waals surface area contributed by atoms with E-state index in [-0.39, 0.29) is 18.3 Å². The third kappa shape index (κ3) is 5.57. The van der Waals surface area contributed by atoms with Crippen LogP contribution in [0.4, 0.5) is 4.39 Å². The highest BCUT2D eigenvalue weighted by molar-refractivity contribution is 5.77. The third-order valence-electron chi connectivity index (χ3n) is 4.28. The summed E-state index contributed by atoms with van der Waals surface area (Å²) in [7, 11) is 0. The van der Waals surface area contributed by atoms with E-state index >= 15 is 0 Å². The Balaban J connectivity index is 1.40. The van der Waals surface area contributed by atoms with Crippen molar-refractivity contribution in [3.05, 3.63) is 65.5 Å². The number of ether oxygens (including phenoxy) is 1. The zero-order valence-corrected chi connectivity index (χ0v) is 14.2. The molecule has 0 radical (unpaired) electrons. The maximum Gasteiger partial charge on any atom is 0.258 e. The van der Waals surface area contributed by atoms with Crippen LogP contribution in [0, 0.1) is 5.82 Å². The van der Waals surface area contributed by atoms with Crippen molar-refractivity contribution >= 4 is 5.91 Å². The molecule has 0 saturated carbocycles. The largest absolute Gasteiger partial charge is 0.484 e. The van der Waals surface area contributed by atoms with E-state index in [0.29, 0.717) is 12.3 Å². The number of rotatable bonds is 7. The number of halogens is 1. The molecule has 3 rings (SSSR count). The summed E-state index contributed by atoms with van der Waals surface area (Å²) in [5.41, 5.74) is 2.34. The Bertz CT molecular complexity index is 697. The van der Waals surface area contributed by atoms with Crippen LogP contribution in [0.3, 0.4) is 0 Å². The van der Waals surface area contributed by atoms with Crippen molar-refractivity contribution in [2.75, 3.05) is 19.7 Å². The molecule has 1 heterocycles. The van der Waals surface area contributed by atoms with E-state index in [0.717, 1.165) is 12.1 Å². The Labute approximate surface area is 147 Å². The first-order valence-electron chi connectivity index (χ1n) is 8.64. The molecule has 2 aromatic rings. The number of amides is 1. The third-order valence-corrected chi connectivity index (χ3v) is 4.28. The van der Waals surface area contributed by atoms with Crippen LogP contribution in [0.2, 0.25) is 0 Å². The predicted octanol–water partition coefficient (Wildman–Crippen LogP) is 3.12. The summed E-state index contributed by atoms with van der Waals surface area (Å²) in [5, 5.41) is 2.81. The van der Waals surface area contributed by atoms with Crippen molar-refractivity contribution in [3.8, 4) is 5.75 Å². The van der Waals surface area contributed by atoms with Crippen LogP contribution in [-0.4, -0.2) is 30.5 Å². The molecule has 132 valence electrons. The summed E-state index contributed by atoms with van der Waals surface area (Å²) in [6.07, 6.45) is 2.59. The van der Waals surface area contributed by atoms with Gasteiger partial charge in [-0.05, 0) is 49.2 Å². The summed E-state index contributed by atoms with van der Waals surface area (Å²) in [4.78, 5) is 14.3. The molecule has 1 aliphatic heterocycles. The minimum absolute atomic E-state index is 0.128. The quantitative estimate of drug-likeness (QED) is 0.841. The minimum atomic E-state index is -0.382. The molecule has 5 heteroatoms. The number of nitrogens with zero attached hydrogens (tertiary/aromatic N) is 1. The molecule has 2 aromatic carbocycles. The molecule has 0 aliphatic carbocycles.